The molecule has 1 amide bonds. The van der Waals surface area contributed by atoms with Gasteiger partial charge >= 0.3 is 0 Å². The Morgan fingerprint density at radius 3 is 2.92 bits per heavy atom. The van der Waals surface area contributed by atoms with Crippen LogP contribution in [0.25, 0.3) is 10.9 Å². The highest BCUT2D eigenvalue weighted by molar-refractivity contribution is 6.08. The lowest BCUT2D eigenvalue weighted by Gasteiger charge is -2.05. The molecule has 0 saturated heterocycles. The summed E-state index contributed by atoms with van der Waals surface area (Å²) in [6.45, 7) is 2.61. The van der Waals surface area contributed by atoms with E-state index in [0.29, 0.717) is 28.8 Å². The molecule has 0 unspecified atom stereocenters. The van der Waals surface area contributed by atoms with Gasteiger partial charge in [-0.2, -0.15) is 5.10 Å². The van der Waals surface area contributed by atoms with E-state index in [-0.39, 0.29) is 17.4 Å². The van der Waals surface area contributed by atoms with Gasteiger partial charge in [-0.15, -0.1) is 0 Å². The third-order valence-electron chi connectivity index (χ3n) is 3.37. The molecule has 0 spiro atoms. The number of nitrogens with zero attached hydrogens (tertiary/aromatic N) is 3. The van der Waals surface area contributed by atoms with Crippen LogP contribution in [0.2, 0.25) is 0 Å². The number of fused-ring (bicyclic) bond motifs is 1. The SMILES string of the molecule is CCNc1cc(C(=O)Nc2n[nH]c3ccc([N+](=O)[O-])cc23)ccn1. The zero-order chi connectivity index (χ0) is 17.1. The summed E-state index contributed by atoms with van der Waals surface area (Å²) in [7, 11) is 0. The Labute approximate surface area is 136 Å². The number of rotatable bonds is 5. The largest absolute Gasteiger partial charge is 0.370 e. The fourth-order valence-electron chi connectivity index (χ4n) is 2.24. The Morgan fingerprint density at radius 2 is 2.17 bits per heavy atom. The van der Waals surface area contributed by atoms with Gasteiger partial charge in [0, 0.05) is 30.4 Å². The lowest BCUT2D eigenvalue weighted by atomic mass is 10.2. The van der Waals surface area contributed by atoms with Crippen LogP contribution in [-0.2, 0) is 0 Å². The number of aromatic nitrogens is 3. The van der Waals surface area contributed by atoms with Gasteiger partial charge < -0.3 is 10.6 Å². The van der Waals surface area contributed by atoms with Crippen LogP contribution >= 0.6 is 0 Å². The Hall–Kier alpha value is -3.49. The molecule has 122 valence electrons. The Bertz CT molecular complexity index is 920. The molecule has 3 N–H and O–H groups in total. The smallest absolute Gasteiger partial charge is 0.270 e. The first-order valence-electron chi connectivity index (χ1n) is 7.22. The number of hydrogen-bond donors (Lipinski definition) is 3. The molecule has 0 aliphatic rings. The molecule has 0 saturated carbocycles. The zero-order valence-electron chi connectivity index (χ0n) is 12.7. The van der Waals surface area contributed by atoms with E-state index in [1.807, 2.05) is 6.92 Å². The minimum atomic E-state index is -0.496. The maximum Gasteiger partial charge on any atom is 0.270 e. The minimum absolute atomic E-state index is 0.0715. The number of benzene rings is 1. The number of H-pyrrole nitrogens is 1. The molecule has 0 aliphatic carbocycles. The monoisotopic (exact) mass is 326 g/mol. The Morgan fingerprint density at radius 1 is 1.33 bits per heavy atom. The molecule has 0 fully saturated rings. The lowest BCUT2D eigenvalue weighted by Crippen LogP contribution is -2.13. The molecule has 2 heterocycles. The van der Waals surface area contributed by atoms with Crippen LogP contribution in [-0.4, -0.2) is 32.6 Å². The highest BCUT2D eigenvalue weighted by Crippen LogP contribution is 2.25. The second kappa shape index (κ2) is 6.32. The van der Waals surface area contributed by atoms with Crippen LogP contribution in [0.15, 0.2) is 36.5 Å². The van der Waals surface area contributed by atoms with Crippen molar-refractivity contribution in [2.75, 3.05) is 17.2 Å². The number of non-ortho nitro benzene ring substituents is 1. The van der Waals surface area contributed by atoms with Crippen molar-refractivity contribution in [1.29, 1.82) is 0 Å². The van der Waals surface area contributed by atoms with Gasteiger partial charge in [-0.3, -0.25) is 20.0 Å². The van der Waals surface area contributed by atoms with Gasteiger partial charge in [-0.05, 0) is 25.1 Å². The summed E-state index contributed by atoms with van der Waals surface area (Å²) in [6.07, 6.45) is 1.53. The van der Waals surface area contributed by atoms with Gasteiger partial charge in [0.1, 0.15) is 5.82 Å². The number of amides is 1. The molecular formula is C15H14N6O3. The average Bonchev–Trinajstić information content (AvgIpc) is 2.97. The van der Waals surface area contributed by atoms with Gasteiger partial charge in [0.25, 0.3) is 11.6 Å². The van der Waals surface area contributed by atoms with Crippen molar-refractivity contribution in [3.63, 3.8) is 0 Å². The molecule has 9 heteroatoms. The molecule has 9 nitrogen and oxygen atoms in total. The van der Waals surface area contributed by atoms with Gasteiger partial charge in [-0.1, -0.05) is 0 Å². The van der Waals surface area contributed by atoms with Crippen molar-refractivity contribution < 1.29 is 9.72 Å². The van der Waals surface area contributed by atoms with Crippen molar-refractivity contribution in [2.24, 2.45) is 0 Å². The first-order valence-corrected chi connectivity index (χ1v) is 7.22. The van der Waals surface area contributed by atoms with E-state index in [0.717, 1.165) is 0 Å². The fourth-order valence-corrected chi connectivity index (χ4v) is 2.24. The standard InChI is InChI=1S/C15H14N6O3/c1-2-16-13-7-9(5-6-17-13)15(22)18-14-11-8-10(21(23)24)3-4-12(11)19-20-14/h3-8H,2H2,1H3,(H,16,17)(H2,18,19,20,22). The summed E-state index contributed by atoms with van der Waals surface area (Å²) < 4.78 is 0. The number of anilines is 2. The third kappa shape index (κ3) is 3.00. The van der Waals surface area contributed by atoms with E-state index < -0.39 is 4.92 Å². The maximum absolute atomic E-state index is 12.4. The van der Waals surface area contributed by atoms with E-state index in [4.69, 9.17) is 0 Å². The number of hydrogen-bond acceptors (Lipinski definition) is 6. The van der Waals surface area contributed by atoms with E-state index in [2.05, 4.69) is 25.8 Å². The van der Waals surface area contributed by atoms with Crippen LogP contribution in [0.3, 0.4) is 0 Å². The van der Waals surface area contributed by atoms with E-state index in [1.54, 1.807) is 18.2 Å². The van der Waals surface area contributed by atoms with Crippen molar-refractivity contribution in [2.45, 2.75) is 6.92 Å². The minimum Gasteiger partial charge on any atom is -0.370 e. The van der Waals surface area contributed by atoms with Crippen molar-refractivity contribution in [3.05, 3.63) is 52.2 Å². The first kappa shape index (κ1) is 15.4. The maximum atomic E-state index is 12.4. The van der Waals surface area contributed by atoms with Gasteiger partial charge in [-0.25, -0.2) is 4.98 Å². The number of carbonyl (C=O) groups is 1. The van der Waals surface area contributed by atoms with Gasteiger partial charge in [0.2, 0.25) is 0 Å². The number of nitrogens with one attached hydrogen (secondary N) is 3. The van der Waals surface area contributed by atoms with Crippen molar-refractivity contribution >= 4 is 34.1 Å². The highest BCUT2D eigenvalue weighted by atomic mass is 16.6. The van der Waals surface area contributed by atoms with Crippen LogP contribution in [0.4, 0.5) is 17.3 Å². The Balaban J connectivity index is 1.89. The lowest BCUT2D eigenvalue weighted by molar-refractivity contribution is -0.384. The summed E-state index contributed by atoms with van der Waals surface area (Å²) in [5.74, 6) is 0.449. The van der Waals surface area contributed by atoms with Crippen molar-refractivity contribution in [3.8, 4) is 0 Å². The van der Waals surface area contributed by atoms with Crippen LogP contribution < -0.4 is 10.6 Å². The topological polar surface area (TPSA) is 126 Å². The van der Waals surface area contributed by atoms with E-state index >= 15 is 0 Å². The fraction of sp³-hybridized carbons (Fsp3) is 0.133. The summed E-state index contributed by atoms with van der Waals surface area (Å²) in [6, 6.07) is 7.48. The molecule has 1 aromatic carbocycles. The van der Waals surface area contributed by atoms with Crippen LogP contribution in [0.1, 0.15) is 17.3 Å². The molecular weight excluding hydrogens is 312 g/mol. The summed E-state index contributed by atoms with van der Waals surface area (Å²) >= 11 is 0. The predicted octanol–water partition coefficient (Wildman–Crippen LogP) is 2.55. The van der Waals surface area contributed by atoms with E-state index in [1.165, 1.54) is 18.3 Å². The van der Waals surface area contributed by atoms with Crippen molar-refractivity contribution in [1.82, 2.24) is 15.2 Å². The van der Waals surface area contributed by atoms with Gasteiger partial charge in [0.05, 0.1) is 15.8 Å². The molecule has 2 aromatic heterocycles. The summed E-state index contributed by atoms with van der Waals surface area (Å²) in [5, 5.41) is 23.8. The second-order valence-electron chi connectivity index (χ2n) is 4.97. The van der Waals surface area contributed by atoms with Crippen LogP contribution in [0, 0.1) is 10.1 Å². The molecule has 0 atom stereocenters. The normalized spacial score (nSPS) is 10.5. The number of carbonyl (C=O) groups excluding carboxylic acids is 1. The summed E-state index contributed by atoms with van der Waals surface area (Å²) in [5.41, 5.74) is 0.930. The number of pyridine rings is 1. The predicted molar refractivity (Wildman–Crippen MR) is 89.1 cm³/mol. The first-order chi connectivity index (χ1) is 11.6. The molecule has 0 radical (unpaired) electrons. The average molecular weight is 326 g/mol. The zero-order valence-corrected chi connectivity index (χ0v) is 12.7. The van der Waals surface area contributed by atoms with Gasteiger partial charge in [0.15, 0.2) is 5.82 Å². The molecule has 3 aromatic rings. The van der Waals surface area contributed by atoms with Crippen LogP contribution in [0.5, 0.6) is 0 Å². The molecule has 0 bridgehead atoms. The quantitative estimate of drug-likeness (QED) is 0.488. The number of nitro benzene ring substituents is 1. The highest BCUT2D eigenvalue weighted by Gasteiger charge is 2.15. The number of nitro groups is 1. The molecule has 3 rings (SSSR count). The third-order valence-corrected chi connectivity index (χ3v) is 3.37. The number of aromatic amines is 1. The Kier molecular flexibility index (Phi) is 4.06. The second-order valence-corrected chi connectivity index (χ2v) is 4.97. The molecule has 0 aliphatic heterocycles. The molecule has 24 heavy (non-hydrogen) atoms. The van der Waals surface area contributed by atoms with E-state index in [9.17, 15) is 14.9 Å². The summed E-state index contributed by atoms with van der Waals surface area (Å²) in [4.78, 5) is 26.9.